The summed E-state index contributed by atoms with van der Waals surface area (Å²) in [6.07, 6.45) is 3.01. The average Bonchev–Trinajstić information content (AvgIpc) is 2.66. The number of benzene rings is 2. The van der Waals surface area contributed by atoms with E-state index >= 15 is 0 Å². The fourth-order valence-electron chi connectivity index (χ4n) is 2.97. The van der Waals surface area contributed by atoms with Crippen LogP contribution in [-0.4, -0.2) is 17.7 Å². The standard InChI is InChI=1S/C23H28O3S/c1-4-26-22(25)19(17-24)9-8-16-23(3,20-14-12-18(2)13-15-20)27-21-10-6-5-7-11-21/h5-7,10-15,17,24H,4,8-9,16H2,1-3H3/b19-17-. The molecule has 0 fully saturated rings. The van der Waals surface area contributed by atoms with Crippen molar-refractivity contribution in [1.29, 1.82) is 0 Å². The number of rotatable bonds is 9. The Hall–Kier alpha value is -2.20. The summed E-state index contributed by atoms with van der Waals surface area (Å²) >= 11 is 1.83. The van der Waals surface area contributed by atoms with Gasteiger partial charge in [-0.1, -0.05) is 48.0 Å². The lowest BCUT2D eigenvalue weighted by atomic mass is 9.92. The summed E-state index contributed by atoms with van der Waals surface area (Å²) < 4.78 is 4.86. The third kappa shape index (κ3) is 6.17. The second kappa shape index (κ2) is 10.2. The quantitative estimate of drug-likeness (QED) is 0.243. The number of aliphatic hydroxyl groups excluding tert-OH is 1. The SMILES string of the molecule is CCOC(=O)/C(=C\O)CCCC(C)(Sc1ccccc1)c1ccc(C)cc1. The Labute approximate surface area is 166 Å². The smallest absolute Gasteiger partial charge is 0.337 e. The minimum atomic E-state index is -0.437. The van der Waals surface area contributed by atoms with Gasteiger partial charge in [0.25, 0.3) is 0 Å². The van der Waals surface area contributed by atoms with Crippen molar-refractivity contribution in [1.82, 2.24) is 0 Å². The summed E-state index contributed by atoms with van der Waals surface area (Å²) in [7, 11) is 0. The van der Waals surface area contributed by atoms with Gasteiger partial charge in [0.2, 0.25) is 0 Å². The number of thioether (sulfide) groups is 1. The van der Waals surface area contributed by atoms with Crippen molar-refractivity contribution in [3.05, 3.63) is 77.6 Å². The van der Waals surface area contributed by atoms with Crippen LogP contribution in [0.2, 0.25) is 0 Å². The molecular formula is C23H28O3S. The van der Waals surface area contributed by atoms with Gasteiger partial charge in [0.15, 0.2) is 0 Å². The summed E-state index contributed by atoms with van der Waals surface area (Å²) in [6, 6.07) is 19.0. The molecule has 0 radical (unpaired) electrons. The highest BCUT2D eigenvalue weighted by molar-refractivity contribution is 8.00. The number of carbonyl (C=O) groups is 1. The molecule has 27 heavy (non-hydrogen) atoms. The van der Waals surface area contributed by atoms with Crippen LogP contribution in [-0.2, 0) is 14.3 Å². The number of aliphatic hydroxyl groups is 1. The van der Waals surface area contributed by atoms with Crippen molar-refractivity contribution in [2.24, 2.45) is 0 Å². The lowest BCUT2D eigenvalue weighted by Crippen LogP contribution is -2.18. The second-order valence-electron chi connectivity index (χ2n) is 6.74. The lowest BCUT2D eigenvalue weighted by molar-refractivity contribution is -0.138. The zero-order valence-electron chi connectivity index (χ0n) is 16.3. The van der Waals surface area contributed by atoms with E-state index in [1.807, 2.05) is 30.0 Å². The minimum Gasteiger partial charge on any atom is -0.515 e. The number of ether oxygens (including phenoxy) is 1. The van der Waals surface area contributed by atoms with Crippen LogP contribution >= 0.6 is 11.8 Å². The Bertz CT molecular complexity index is 753. The van der Waals surface area contributed by atoms with Gasteiger partial charge in [0.05, 0.1) is 18.4 Å². The molecule has 2 rings (SSSR count). The van der Waals surface area contributed by atoms with Crippen LogP contribution in [0.5, 0.6) is 0 Å². The van der Waals surface area contributed by atoms with E-state index in [0.29, 0.717) is 18.6 Å². The fraction of sp³-hybridized carbons (Fsp3) is 0.348. The minimum absolute atomic E-state index is 0.135. The first-order chi connectivity index (χ1) is 13.0. The summed E-state index contributed by atoms with van der Waals surface area (Å²) in [5.74, 6) is -0.437. The maximum Gasteiger partial charge on any atom is 0.337 e. The lowest BCUT2D eigenvalue weighted by Gasteiger charge is -2.30. The highest BCUT2D eigenvalue weighted by Gasteiger charge is 2.28. The molecule has 0 aliphatic heterocycles. The zero-order chi connectivity index (χ0) is 19.7. The van der Waals surface area contributed by atoms with Gasteiger partial charge in [-0.05, 0) is 57.7 Å². The molecule has 3 nitrogen and oxygen atoms in total. The number of aryl methyl sites for hydroxylation is 1. The van der Waals surface area contributed by atoms with Crippen LogP contribution in [0.15, 0.2) is 71.3 Å². The van der Waals surface area contributed by atoms with Crippen LogP contribution in [0, 0.1) is 6.92 Å². The molecular weight excluding hydrogens is 356 g/mol. The van der Waals surface area contributed by atoms with Crippen molar-refractivity contribution >= 4 is 17.7 Å². The second-order valence-corrected chi connectivity index (χ2v) is 8.32. The maximum atomic E-state index is 11.9. The van der Waals surface area contributed by atoms with E-state index in [-0.39, 0.29) is 4.75 Å². The summed E-state index contributed by atoms with van der Waals surface area (Å²) in [6.45, 7) is 6.39. The molecule has 4 heteroatoms. The third-order valence-electron chi connectivity index (χ3n) is 4.54. The Morgan fingerprint density at radius 3 is 2.41 bits per heavy atom. The van der Waals surface area contributed by atoms with Crippen LogP contribution in [0.25, 0.3) is 0 Å². The Kier molecular flexibility index (Phi) is 7.99. The topological polar surface area (TPSA) is 46.5 Å². The first-order valence-corrected chi connectivity index (χ1v) is 10.1. The van der Waals surface area contributed by atoms with Gasteiger partial charge in [-0.25, -0.2) is 4.79 Å². The molecule has 0 saturated heterocycles. The van der Waals surface area contributed by atoms with E-state index < -0.39 is 5.97 Å². The van der Waals surface area contributed by atoms with E-state index in [4.69, 9.17) is 4.74 Å². The van der Waals surface area contributed by atoms with Gasteiger partial charge in [-0.15, -0.1) is 11.8 Å². The highest BCUT2D eigenvalue weighted by Crippen LogP contribution is 2.45. The fourth-order valence-corrected chi connectivity index (χ4v) is 4.28. The van der Waals surface area contributed by atoms with Gasteiger partial charge < -0.3 is 9.84 Å². The first-order valence-electron chi connectivity index (χ1n) is 9.30. The Morgan fingerprint density at radius 2 is 1.81 bits per heavy atom. The van der Waals surface area contributed by atoms with E-state index in [2.05, 4.69) is 50.2 Å². The molecule has 1 atom stereocenters. The van der Waals surface area contributed by atoms with Crippen molar-refractivity contribution < 1.29 is 14.6 Å². The maximum absolute atomic E-state index is 11.9. The molecule has 0 heterocycles. The predicted molar refractivity (Wildman–Crippen MR) is 112 cm³/mol. The molecule has 0 aromatic heterocycles. The Balaban J connectivity index is 2.15. The van der Waals surface area contributed by atoms with Crippen LogP contribution in [0.4, 0.5) is 0 Å². The third-order valence-corrected chi connectivity index (χ3v) is 5.94. The van der Waals surface area contributed by atoms with Crippen molar-refractivity contribution in [3.8, 4) is 0 Å². The summed E-state index contributed by atoms with van der Waals surface area (Å²) in [5, 5.41) is 9.37. The van der Waals surface area contributed by atoms with E-state index in [9.17, 15) is 9.90 Å². The van der Waals surface area contributed by atoms with E-state index in [0.717, 1.165) is 19.1 Å². The first kappa shape index (κ1) is 21.1. The van der Waals surface area contributed by atoms with E-state index in [1.165, 1.54) is 16.0 Å². The highest BCUT2D eigenvalue weighted by atomic mass is 32.2. The normalized spacial score (nSPS) is 13.8. The molecule has 1 unspecified atom stereocenters. The number of hydrogen-bond acceptors (Lipinski definition) is 4. The molecule has 0 amide bonds. The molecule has 0 aliphatic rings. The van der Waals surface area contributed by atoms with Gasteiger partial charge in [0.1, 0.15) is 0 Å². The Morgan fingerprint density at radius 1 is 1.15 bits per heavy atom. The predicted octanol–water partition coefficient (Wildman–Crippen LogP) is 6.18. The van der Waals surface area contributed by atoms with Gasteiger partial charge in [-0.2, -0.15) is 0 Å². The zero-order valence-corrected chi connectivity index (χ0v) is 17.1. The van der Waals surface area contributed by atoms with Crippen LogP contribution in [0.3, 0.4) is 0 Å². The number of carbonyl (C=O) groups excluding carboxylic acids is 1. The van der Waals surface area contributed by atoms with Crippen molar-refractivity contribution in [2.45, 2.75) is 49.7 Å². The molecule has 2 aromatic rings. The van der Waals surface area contributed by atoms with Crippen LogP contribution in [0.1, 0.15) is 44.2 Å². The van der Waals surface area contributed by atoms with Gasteiger partial charge >= 0.3 is 5.97 Å². The molecule has 144 valence electrons. The van der Waals surface area contributed by atoms with E-state index in [1.54, 1.807) is 6.92 Å². The van der Waals surface area contributed by atoms with Crippen molar-refractivity contribution in [3.63, 3.8) is 0 Å². The molecule has 0 aliphatic carbocycles. The van der Waals surface area contributed by atoms with Gasteiger partial charge in [0, 0.05) is 9.64 Å². The average molecular weight is 385 g/mol. The van der Waals surface area contributed by atoms with Crippen molar-refractivity contribution in [2.75, 3.05) is 6.61 Å². The van der Waals surface area contributed by atoms with Crippen LogP contribution < -0.4 is 0 Å². The van der Waals surface area contributed by atoms with Gasteiger partial charge in [-0.3, -0.25) is 0 Å². The summed E-state index contributed by atoms with van der Waals surface area (Å²) in [4.78, 5) is 13.1. The largest absolute Gasteiger partial charge is 0.515 e. The molecule has 2 aromatic carbocycles. The summed E-state index contributed by atoms with van der Waals surface area (Å²) in [5.41, 5.74) is 2.82. The molecule has 0 spiro atoms. The molecule has 1 N–H and O–H groups in total. The molecule has 0 bridgehead atoms. The molecule has 0 saturated carbocycles. The monoisotopic (exact) mass is 384 g/mol. The number of esters is 1. The number of hydrogen-bond donors (Lipinski definition) is 1.